The van der Waals surface area contributed by atoms with E-state index < -0.39 is 34.0 Å². The molecule has 0 spiro atoms. The summed E-state index contributed by atoms with van der Waals surface area (Å²) >= 11 is 0. The monoisotopic (exact) mass is 371 g/mol. The molecule has 0 amide bonds. The molecule has 3 unspecified atom stereocenters. The van der Waals surface area contributed by atoms with Gasteiger partial charge in [-0.25, -0.2) is 0 Å². The number of nitriles is 1. The third-order valence-electron chi connectivity index (χ3n) is 7.71. The van der Waals surface area contributed by atoms with E-state index in [-0.39, 0.29) is 6.42 Å². The summed E-state index contributed by atoms with van der Waals surface area (Å²) in [5, 5.41) is 9.76. The standard InChI is InChI=1S/C20H28F3NO2/c1-5-17(4,20(21,22)23)15(25)26-16(2,3)19-9-13-6-14(10-19)8-18(7-13,11-19)12-24/h13-14H,5-11H2,1-4H3. The van der Waals surface area contributed by atoms with Crippen molar-refractivity contribution in [2.75, 3.05) is 0 Å². The molecule has 0 aliphatic heterocycles. The van der Waals surface area contributed by atoms with Crippen molar-refractivity contribution in [3.63, 3.8) is 0 Å². The minimum absolute atomic E-state index is 0.355. The highest BCUT2D eigenvalue weighted by molar-refractivity contribution is 5.77. The van der Waals surface area contributed by atoms with Gasteiger partial charge in [-0.05, 0) is 77.6 Å². The molecule has 146 valence electrons. The number of hydrogen-bond donors (Lipinski definition) is 0. The van der Waals surface area contributed by atoms with Crippen molar-refractivity contribution >= 4 is 5.97 Å². The molecule has 0 N–H and O–H groups in total. The molecule has 0 heterocycles. The zero-order valence-electron chi connectivity index (χ0n) is 16.0. The Balaban J connectivity index is 1.89. The van der Waals surface area contributed by atoms with Crippen LogP contribution in [-0.4, -0.2) is 17.7 Å². The Hall–Kier alpha value is -1.25. The van der Waals surface area contributed by atoms with Crippen LogP contribution in [0.15, 0.2) is 0 Å². The molecule has 6 heteroatoms. The Labute approximate surface area is 153 Å². The van der Waals surface area contributed by atoms with Crippen molar-refractivity contribution in [2.45, 2.75) is 84.4 Å². The first-order chi connectivity index (χ1) is 11.8. The lowest BCUT2D eigenvalue weighted by Gasteiger charge is -2.64. The second-order valence-electron chi connectivity index (χ2n) is 9.72. The lowest BCUT2D eigenvalue weighted by Crippen LogP contribution is -2.61. The molecule has 3 atom stereocenters. The first-order valence-corrected chi connectivity index (χ1v) is 9.53. The number of esters is 1. The first-order valence-electron chi connectivity index (χ1n) is 9.53. The van der Waals surface area contributed by atoms with Gasteiger partial charge in [-0.2, -0.15) is 18.4 Å². The topological polar surface area (TPSA) is 50.1 Å². The second kappa shape index (κ2) is 5.62. The number of rotatable bonds is 4. The summed E-state index contributed by atoms with van der Waals surface area (Å²) in [7, 11) is 0. The number of halogens is 3. The van der Waals surface area contributed by atoms with Crippen LogP contribution in [-0.2, 0) is 9.53 Å². The van der Waals surface area contributed by atoms with E-state index in [0.29, 0.717) is 18.3 Å². The summed E-state index contributed by atoms with van der Waals surface area (Å²) in [5.41, 5.74) is -4.32. The van der Waals surface area contributed by atoms with E-state index in [1.807, 2.05) is 0 Å². The van der Waals surface area contributed by atoms with Gasteiger partial charge in [0.25, 0.3) is 0 Å². The summed E-state index contributed by atoms with van der Waals surface area (Å²) in [4.78, 5) is 12.6. The van der Waals surface area contributed by atoms with Crippen molar-refractivity contribution in [2.24, 2.45) is 28.1 Å². The lowest BCUT2D eigenvalue weighted by atomic mass is 9.41. The summed E-state index contributed by atoms with van der Waals surface area (Å²) in [6.07, 6.45) is 0.130. The van der Waals surface area contributed by atoms with Crippen molar-refractivity contribution in [3.05, 3.63) is 0 Å². The fraction of sp³-hybridized carbons (Fsp3) is 0.900. The molecule has 0 aromatic carbocycles. The second-order valence-corrected chi connectivity index (χ2v) is 9.72. The van der Waals surface area contributed by atoms with Crippen molar-refractivity contribution in [3.8, 4) is 6.07 Å². The molecule has 4 rings (SSSR count). The van der Waals surface area contributed by atoms with Crippen LogP contribution in [0.2, 0.25) is 0 Å². The average molecular weight is 371 g/mol. The zero-order chi connectivity index (χ0) is 19.6. The van der Waals surface area contributed by atoms with E-state index in [9.17, 15) is 23.2 Å². The van der Waals surface area contributed by atoms with Crippen molar-refractivity contribution < 1.29 is 22.7 Å². The van der Waals surface area contributed by atoms with Gasteiger partial charge >= 0.3 is 12.1 Å². The predicted molar refractivity (Wildman–Crippen MR) is 89.8 cm³/mol. The van der Waals surface area contributed by atoms with Gasteiger partial charge in [-0.3, -0.25) is 4.79 Å². The van der Waals surface area contributed by atoms with Crippen LogP contribution in [0.25, 0.3) is 0 Å². The first kappa shape index (κ1) is 19.5. The highest BCUT2D eigenvalue weighted by atomic mass is 19.4. The maximum Gasteiger partial charge on any atom is 0.404 e. The number of alkyl halides is 3. The van der Waals surface area contributed by atoms with Crippen molar-refractivity contribution in [1.82, 2.24) is 0 Å². The largest absolute Gasteiger partial charge is 0.458 e. The van der Waals surface area contributed by atoms with Crippen LogP contribution in [0.4, 0.5) is 13.2 Å². The summed E-state index contributed by atoms with van der Waals surface area (Å²) < 4.78 is 46.0. The number of carbonyl (C=O) groups excluding carboxylic acids is 1. The molecule has 0 saturated heterocycles. The van der Waals surface area contributed by atoms with Gasteiger partial charge in [0.2, 0.25) is 0 Å². The highest BCUT2D eigenvalue weighted by Gasteiger charge is 2.65. The lowest BCUT2D eigenvalue weighted by molar-refractivity contribution is -0.251. The van der Waals surface area contributed by atoms with Gasteiger partial charge in [-0.1, -0.05) is 6.92 Å². The maximum atomic E-state index is 13.5. The Morgan fingerprint density at radius 2 is 1.69 bits per heavy atom. The van der Waals surface area contributed by atoms with Crippen LogP contribution < -0.4 is 0 Å². The van der Waals surface area contributed by atoms with E-state index in [2.05, 4.69) is 6.07 Å². The molecule has 4 aliphatic carbocycles. The summed E-state index contributed by atoms with van der Waals surface area (Å²) in [5.74, 6) is -0.373. The normalized spacial score (nSPS) is 38.5. The number of nitrogens with zero attached hydrogens (tertiary/aromatic N) is 1. The van der Waals surface area contributed by atoms with Gasteiger partial charge in [0.05, 0.1) is 11.5 Å². The van der Waals surface area contributed by atoms with Gasteiger partial charge in [-0.15, -0.1) is 0 Å². The Morgan fingerprint density at radius 1 is 1.15 bits per heavy atom. The molecule has 4 saturated carbocycles. The molecular weight excluding hydrogens is 343 g/mol. The molecular formula is C20H28F3NO2. The van der Waals surface area contributed by atoms with Crippen LogP contribution >= 0.6 is 0 Å². The maximum absolute atomic E-state index is 13.5. The summed E-state index contributed by atoms with van der Waals surface area (Å²) in [6, 6.07) is 2.50. The molecule has 4 bridgehead atoms. The highest BCUT2D eigenvalue weighted by Crippen LogP contribution is 2.68. The van der Waals surface area contributed by atoms with Crippen LogP contribution in [0.1, 0.15) is 72.6 Å². The Morgan fingerprint density at radius 3 is 2.12 bits per heavy atom. The SMILES string of the molecule is CCC(C)(C(=O)OC(C)(C)C12CC3CC(CC(C#N)(C3)C1)C2)C(F)(F)F. The zero-order valence-corrected chi connectivity index (χ0v) is 16.0. The van der Waals surface area contributed by atoms with E-state index in [0.717, 1.165) is 39.0 Å². The molecule has 4 aliphatic rings. The predicted octanol–water partition coefficient (Wildman–Crippen LogP) is 5.40. The fourth-order valence-corrected chi connectivity index (χ4v) is 6.01. The smallest absolute Gasteiger partial charge is 0.404 e. The average Bonchev–Trinajstić information content (AvgIpc) is 2.51. The number of hydrogen-bond acceptors (Lipinski definition) is 3. The van der Waals surface area contributed by atoms with Gasteiger partial charge in [0.15, 0.2) is 5.41 Å². The summed E-state index contributed by atoms with van der Waals surface area (Å²) in [6.45, 7) is 5.77. The van der Waals surface area contributed by atoms with Gasteiger partial charge in [0, 0.05) is 5.41 Å². The Kier molecular flexibility index (Phi) is 4.22. The van der Waals surface area contributed by atoms with E-state index in [4.69, 9.17) is 4.74 Å². The third-order valence-corrected chi connectivity index (χ3v) is 7.71. The van der Waals surface area contributed by atoms with E-state index in [1.165, 1.54) is 6.92 Å². The Bertz CT molecular complexity index is 634. The van der Waals surface area contributed by atoms with E-state index in [1.54, 1.807) is 13.8 Å². The third kappa shape index (κ3) is 2.65. The number of ether oxygens (including phenoxy) is 1. The van der Waals surface area contributed by atoms with Gasteiger partial charge < -0.3 is 4.74 Å². The quantitative estimate of drug-likeness (QED) is 0.622. The minimum atomic E-state index is -4.65. The molecule has 0 radical (unpaired) electrons. The fourth-order valence-electron chi connectivity index (χ4n) is 6.01. The van der Waals surface area contributed by atoms with Crippen LogP contribution in [0, 0.1) is 39.4 Å². The minimum Gasteiger partial charge on any atom is -0.458 e. The number of carbonyl (C=O) groups is 1. The molecule has 0 aromatic heterocycles. The molecule has 26 heavy (non-hydrogen) atoms. The molecule has 0 aromatic rings. The van der Waals surface area contributed by atoms with Gasteiger partial charge in [0.1, 0.15) is 5.60 Å². The van der Waals surface area contributed by atoms with Crippen LogP contribution in [0.5, 0.6) is 0 Å². The molecule has 3 nitrogen and oxygen atoms in total. The van der Waals surface area contributed by atoms with E-state index >= 15 is 0 Å². The van der Waals surface area contributed by atoms with Crippen LogP contribution in [0.3, 0.4) is 0 Å². The van der Waals surface area contributed by atoms with Crippen molar-refractivity contribution in [1.29, 1.82) is 5.26 Å². The molecule has 4 fully saturated rings.